The van der Waals surface area contributed by atoms with Crippen LogP contribution in [-0.2, 0) is 0 Å². The van der Waals surface area contributed by atoms with Crippen molar-refractivity contribution >= 4 is 12.7 Å². The summed E-state index contributed by atoms with van der Waals surface area (Å²) in [6.45, 7) is 9.66. The second-order valence-electron chi connectivity index (χ2n) is 2.55. The minimum atomic E-state index is 1.09. The van der Waals surface area contributed by atoms with Crippen LogP contribution in [0.15, 0.2) is 30.9 Å². The Morgan fingerprint density at radius 1 is 1.36 bits per heavy atom. The quantitative estimate of drug-likeness (QED) is 0.558. The Bertz CT molecular complexity index is 358. The largest absolute Gasteiger partial charge is 0.0990 e. The Hall–Kier alpha value is -1.30. The Labute approximate surface area is 67.2 Å². The first kappa shape index (κ1) is 7.80. The molecule has 0 amide bonds. The fourth-order valence-electron chi connectivity index (χ4n) is 1.01. The smallest absolute Gasteiger partial charge is 0.0188 e. The van der Waals surface area contributed by atoms with Gasteiger partial charge < -0.3 is 0 Å². The SMILES string of the molecule is C=C/C=c1/cccc(C)c1=C. The van der Waals surface area contributed by atoms with E-state index in [0.29, 0.717) is 0 Å². The van der Waals surface area contributed by atoms with Crippen LogP contribution in [0.1, 0.15) is 5.56 Å². The molecule has 1 aromatic rings. The second-order valence-corrected chi connectivity index (χ2v) is 2.55. The van der Waals surface area contributed by atoms with Crippen molar-refractivity contribution in [3.63, 3.8) is 0 Å². The van der Waals surface area contributed by atoms with E-state index in [1.165, 1.54) is 5.56 Å². The van der Waals surface area contributed by atoms with Crippen LogP contribution in [0, 0.1) is 6.92 Å². The molecular formula is C11H12. The van der Waals surface area contributed by atoms with E-state index in [0.717, 1.165) is 10.4 Å². The van der Waals surface area contributed by atoms with Gasteiger partial charge in [0.25, 0.3) is 0 Å². The Morgan fingerprint density at radius 3 is 2.73 bits per heavy atom. The van der Waals surface area contributed by atoms with Gasteiger partial charge in [0.1, 0.15) is 0 Å². The summed E-state index contributed by atoms with van der Waals surface area (Å²) in [7, 11) is 0. The van der Waals surface area contributed by atoms with Crippen LogP contribution in [0.25, 0.3) is 12.7 Å². The molecule has 0 aliphatic rings. The highest BCUT2D eigenvalue weighted by atomic mass is 13.9. The summed E-state index contributed by atoms with van der Waals surface area (Å²) in [5.41, 5.74) is 1.22. The molecule has 0 radical (unpaired) electrons. The van der Waals surface area contributed by atoms with Gasteiger partial charge in [-0.3, -0.25) is 0 Å². The Balaban J connectivity index is 3.52. The van der Waals surface area contributed by atoms with Crippen LogP contribution in [-0.4, -0.2) is 0 Å². The number of hydrogen-bond acceptors (Lipinski definition) is 0. The molecule has 0 spiro atoms. The van der Waals surface area contributed by atoms with Gasteiger partial charge in [0, 0.05) is 0 Å². The van der Waals surface area contributed by atoms with Crippen LogP contribution in [0.4, 0.5) is 0 Å². The van der Waals surface area contributed by atoms with E-state index in [-0.39, 0.29) is 0 Å². The first-order valence-corrected chi connectivity index (χ1v) is 3.63. The molecule has 0 bridgehead atoms. The minimum absolute atomic E-state index is 1.09. The third kappa shape index (κ3) is 1.58. The van der Waals surface area contributed by atoms with Gasteiger partial charge >= 0.3 is 0 Å². The molecule has 0 aromatic heterocycles. The van der Waals surface area contributed by atoms with E-state index in [2.05, 4.69) is 26.1 Å². The molecule has 0 aliphatic carbocycles. The molecule has 0 fully saturated rings. The number of benzene rings is 1. The predicted octanol–water partition coefficient (Wildman–Crippen LogP) is 1.37. The van der Waals surface area contributed by atoms with E-state index in [9.17, 15) is 0 Å². The van der Waals surface area contributed by atoms with E-state index in [1.54, 1.807) is 6.08 Å². The van der Waals surface area contributed by atoms with Crippen molar-refractivity contribution in [3.8, 4) is 0 Å². The molecule has 0 heteroatoms. The van der Waals surface area contributed by atoms with Gasteiger partial charge in [-0.1, -0.05) is 43.5 Å². The average Bonchev–Trinajstić information content (AvgIpc) is 1.99. The summed E-state index contributed by atoms with van der Waals surface area (Å²) in [5, 5.41) is 2.24. The summed E-state index contributed by atoms with van der Waals surface area (Å²) < 4.78 is 0. The lowest BCUT2D eigenvalue weighted by Crippen LogP contribution is -2.24. The normalized spacial score (nSPS) is 11.5. The van der Waals surface area contributed by atoms with Crippen molar-refractivity contribution in [2.24, 2.45) is 0 Å². The second kappa shape index (κ2) is 3.20. The number of aryl methyl sites for hydroxylation is 1. The Kier molecular flexibility index (Phi) is 2.27. The molecule has 11 heavy (non-hydrogen) atoms. The fourth-order valence-corrected chi connectivity index (χ4v) is 1.01. The lowest BCUT2D eigenvalue weighted by molar-refractivity contribution is 1.38. The third-order valence-electron chi connectivity index (χ3n) is 1.74. The van der Waals surface area contributed by atoms with Gasteiger partial charge in [0.05, 0.1) is 0 Å². The number of allylic oxidation sites excluding steroid dienone is 1. The molecule has 0 atom stereocenters. The van der Waals surface area contributed by atoms with Gasteiger partial charge in [-0.15, -0.1) is 0 Å². The van der Waals surface area contributed by atoms with Crippen molar-refractivity contribution in [2.75, 3.05) is 0 Å². The Morgan fingerprint density at radius 2 is 2.09 bits per heavy atom. The highest BCUT2D eigenvalue weighted by Gasteiger charge is 1.84. The van der Waals surface area contributed by atoms with Crippen molar-refractivity contribution in [1.82, 2.24) is 0 Å². The first-order valence-electron chi connectivity index (χ1n) is 3.63. The minimum Gasteiger partial charge on any atom is -0.0990 e. The van der Waals surface area contributed by atoms with Gasteiger partial charge in [-0.2, -0.15) is 0 Å². The van der Waals surface area contributed by atoms with Crippen LogP contribution < -0.4 is 10.4 Å². The molecule has 56 valence electrons. The maximum absolute atomic E-state index is 3.96. The lowest BCUT2D eigenvalue weighted by atomic mass is 10.1. The highest BCUT2D eigenvalue weighted by molar-refractivity contribution is 5.37. The molecule has 0 nitrogen and oxygen atoms in total. The van der Waals surface area contributed by atoms with Crippen molar-refractivity contribution in [1.29, 1.82) is 0 Å². The van der Waals surface area contributed by atoms with E-state index in [4.69, 9.17) is 0 Å². The van der Waals surface area contributed by atoms with Crippen LogP contribution in [0.2, 0.25) is 0 Å². The fraction of sp³-hybridized carbons (Fsp3) is 0.0909. The zero-order valence-electron chi connectivity index (χ0n) is 6.80. The summed E-state index contributed by atoms with van der Waals surface area (Å²) in [5.74, 6) is 0. The van der Waals surface area contributed by atoms with Crippen molar-refractivity contribution < 1.29 is 0 Å². The first-order chi connectivity index (χ1) is 5.25. The maximum atomic E-state index is 3.96. The zero-order chi connectivity index (χ0) is 8.27. The van der Waals surface area contributed by atoms with Gasteiger partial charge in [0.2, 0.25) is 0 Å². The van der Waals surface area contributed by atoms with Crippen molar-refractivity contribution in [2.45, 2.75) is 6.92 Å². The van der Waals surface area contributed by atoms with Crippen molar-refractivity contribution in [3.05, 3.63) is 46.9 Å². The summed E-state index contributed by atoms with van der Waals surface area (Å²) in [6.07, 6.45) is 3.75. The molecule has 1 rings (SSSR count). The molecule has 0 heterocycles. The van der Waals surface area contributed by atoms with Crippen LogP contribution in [0.3, 0.4) is 0 Å². The molecule has 0 aliphatic heterocycles. The van der Waals surface area contributed by atoms with Crippen LogP contribution in [0.5, 0.6) is 0 Å². The predicted molar refractivity (Wildman–Crippen MR) is 50.6 cm³/mol. The van der Waals surface area contributed by atoms with Gasteiger partial charge in [-0.05, 0) is 22.9 Å². The van der Waals surface area contributed by atoms with E-state index in [1.807, 2.05) is 18.2 Å². The molecule has 0 unspecified atom stereocenters. The molecular weight excluding hydrogens is 132 g/mol. The number of hydrogen-bond donors (Lipinski definition) is 0. The zero-order valence-corrected chi connectivity index (χ0v) is 6.80. The standard InChI is InChI=1S/C11H12/c1-4-6-11-8-5-7-9(2)10(11)3/h4-8H,1,3H2,2H3/b11-6-. The van der Waals surface area contributed by atoms with Gasteiger partial charge in [-0.25, -0.2) is 0 Å². The van der Waals surface area contributed by atoms with Gasteiger partial charge in [0.15, 0.2) is 0 Å². The lowest BCUT2D eigenvalue weighted by Gasteiger charge is -1.91. The summed E-state index contributed by atoms with van der Waals surface area (Å²) >= 11 is 0. The highest BCUT2D eigenvalue weighted by Crippen LogP contribution is 1.82. The van der Waals surface area contributed by atoms with Crippen LogP contribution >= 0.6 is 0 Å². The monoisotopic (exact) mass is 144 g/mol. The molecule has 0 saturated carbocycles. The molecule has 0 saturated heterocycles. The summed E-state index contributed by atoms with van der Waals surface area (Å²) in [6, 6.07) is 6.12. The third-order valence-corrected chi connectivity index (χ3v) is 1.74. The van der Waals surface area contributed by atoms with E-state index >= 15 is 0 Å². The average molecular weight is 144 g/mol. The molecule has 1 aromatic carbocycles. The topological polar surface area (TPSA) is 0 Å². The maximum Gasteiger partial charge on any atom is -0.0188 e. The number of rotatable bonds is 1. The molecule has 0 N–H and O–H groups in total. The van der Waals surface area contributed by atoms with E-state index < -0.39 is 0 Å². The summed E-state index contributed by atoms with van der Waals surface area (Å²) in [4.78, 5) is 0.